The minimum absolute atomic E-state index is 0. The molecular formula is C15H24ClFN2. The zero-order chi connectivity index (χ0) is 12.8. The maximum Gasteiger partial charge on any atom is 0.123 e. The lowest BCUT2D eigenvalue weighted by molar-refractivity contribution is 0.266. The van der Waals surface area contributed by atoms with Crippen LogP contribution in [-0.4, -0.2) is 31.6 Å². The lowest BCUT2D eigenvalue weighted by Crippen LogP contribution is -2.30. The number of rotatable bonds is 5. The third-order valence-electron chi connectivity index (χ3n) is 3.72. The van der Waals surface area contributed by atoms with Crippen molar-refractivity contribution in [2.45, 2.75) is 25.8 Å². The fraction of sp³-hybridized carbons (Fsp3) is 0.600. The number of hydrogen-bond acceptors (Lipinski definition) is 2. The summed E-state index contributed by atoms with van der Waals surface area (Å²) >= 11 is 0. The second-order valence-corrected chi connectivity index (χ2v) is 5.35. The summed E-state index contributed by atoms with van der Waals surface area (Å²) in [5, 5.41) is 3.39. The van der Waals surface area contributed by atoms with Gasteiger partial charge in [0.05, 0.1) is 0 Å². The summed E-state index contributed by atoms with van der Waals surface area (Å²) < 4.78 is 13.1. The molecule has 1 aliphatic rings. The molecule has 2 rings (SSSR count). The molecule has 1 fully saturated rings. The second-order valence-electron chi connectivity index (χ2n) is 5.35. The molecule has 1 aliphatic heterocycles. The van der Waals surface area contributed by atoms with Gasteiger partial charge in [-0.25, -0.2) is 4.39 Å². The summed E-state index contributed by atoms with van der Waals surface area (Å²) in [4.78, 5) is 2.29. The van der Waals surface area contributed by atoms with Crippen LogP contribution >= 0.6 is 12.4 Å². The van der Waals surface area contributed by atoms with Gasteiger partial charge in [0.1, 0.15) is 5.82 Å². The minimum Gasteiger partial charge on any atom is -0.317 e. The number of nitrogens with zero attached hydrogens (tertiary/aromatic N) is 1. The van der Waals surface area contributed by atoms with Gasteiger partial charge in [0.15, 0.2) is 0 Å². The summed E-state index contributed by atoms with van der Waals surface area (Å²) in [7, 11) is 2.12. The predicted molar refractivity (Wildman–Crippen MR) is 80.2 cm³/mol. The summed E-state index contributed by atoms with van der Waals surface area (Å²) in [6, 6.07) is 6.90. The highest BCUT2D eigenvalue weighted by molar-refractivity contribution is 5.85. The lowest BCUT2D eigenvalue weighted by atomic mass is 9.94. The molecule has 108 valence electrons. The summed E-state index contributed by atoms with van der Waals surface area (Å²) in [6.45, 7) is 4.26. The minimum atomic E-state index is -0.140. The zero-order valence-electron chi connectivity index (χ0n) is 11.6. The fourth-order valence-corrected chi connectivity index (χ4v) is 2.60. The fourth-order valence-electron chi connectivity index (χ4n) is 2.60. The molecule has 1 aromatic rings. The molecule has 19 heavy (non-hydrogen) atoms. The van der Waals surface area contributed by atoms with Crippen LogP contribution in [0.1, 0.15) is 24.8 Å². The number of halogens is 2. The first-order valence-corrected chi connectivity index (χ1v) is 6.88. The molecule has 1 heterocycles. The van der Waals surface area contributed by atoms with Crippen LogP contribution < -0.4 is 5.32 Å². The van der Waals surface area contributed by atoms with Crippen LogP contribution in [0.15, 0.2) is 24.3 Å². The topological polar surface area (TPSA) is 15.3 Å². The first-order valence-electron chi connectivity index (χ1n) is 6.88. The summed E-state index contributed by atoms with van der Waals surface area (Å²) in [6.07, 6.45) is 3.86. The van der Waals surface area contributed by atoms with Crippen molar-refractivity contribution in [3.05, 3.63) is 35.6 Å². The Morgan fingerprint density at radius 1 is 1.32 bits per heavy atom. The summed E-state index contributed by atoms with van der Waals surface area (Å²) in [5.41, 5.74) is 1.06. The monoisotopic (exact) mass is 286 g/mol. The summed E-state index contributed by atoms with van der Waals surface area (Å²) in [5.74, 6) is 0.723. The maximum atomic E-state index is 13.1. The van der Waals surface area contributed by atoms with Crippen LogP contribution in [0.25, 0.3) is 0 Å². The Balaban J connectivity index is 0.00000180. The van der Waals surface area contributed by atoms with E-state index in [0.717, 1.165) is 37.7 Å². The van der Waals surface area contributed by atoms with Crippen LogP contribution in [0.5, 0.6) is 0 Å². The molecular weight excluding hydrogens is 263 g/mol. The average Bonchev–Trinajstić information content (AvgIpc) is 2.38. The van der Waals surface area contributed by atoms with E-state index in [4.69, 9.17) is 0 Å². The molecule has 1 aromatic carbocycles. The van der Waals surface area contributed by atoms with Crippen LogP contribution in [0.4, 0.5) is 4.39 Å². The SMILES string of the molecule is CN(CCC1CCNCC1)Cc1cccc(F)c1.Cl. The van der Waals surface area contributed by atoms with E-state index in [1.165, 1.54) is 25.3 Å². The van der Waals surface area contributed by atoms with E-state index in [1.807, 2.05) is 6.07 Å². The molecule has 0 aliphatic carbocycles. The van der Waals surface area contributed by atoms with Crippen molar-refractivity contribution in [2.75, 3.05) is 26.7 Å². The number of nitrogens with one attached hydrogen (secondary N) is 1. The average molecular weight is 287 g/mol. The molecule has 0 bridgehead atoms. The predicted octanol–water partition coefficient (Wildman–Crippen LogP) is 3.07. The molecule has 1 saturated heterocycles. The Labute approximate surface area is 121 Å². The third-order valence-corrected chi connectivity index (χ3v) is 3.72. The molecule has 0 amide bonds. The van der Waals surface area contributed by atoms with Gasteiger partial charge in [0, 0.05) is 6.54 Å². The molecule has 0 unspecified atom stereocenters. The van der Waals surface area contributed by atoms with Crippen molar-refractivity contribution >= 4 is 12.4 Å². The van der Waals surface area contributed by atoms with Crippen molar-refractivity contribution in [3.63, 3.8) is 0 Å². The Kier molecular flexibility index (Phi) is 7.36. The van der Waals surface area contributed by atoms with E-state index in [-0.39, 0.29) is 18.2 Å². The van der Waals surface area contributed by atoms with Gasteiger partial charge in [-0.3, -0.25) is 0 Å². The van der Waals surface area contributed by atoms with Crippen molar-refractivity contribution in [1.29, 1.82) is 0 Å². The highest BCUT2D eigenvalue weighted by Gasteiger charge is 2.13. The van der Waals surface area contributed by atoms with E-state index in [1.54, 1.807) is 12.1 Å². The number of piperidine rings is 1. The standard InChI is InChI=1S/C15H23FN2.ClH/c1-18(10-7-13-5-8-17-9-6-13)12-14-3-2-4-15(16)11-14;/h2-4,11,13,17H,5-10,12H2,1H3;1H. The number of benzene rings is 1. The van der Waals surface area contributed by atoms with E-state index in [2.05, 4.69) is 17.3 Å². The quantitative estimate of drug-likeness (QED) is 0.895. The van der Waals surface area contributed by atoms with Gasteiger partial charge in [0.25, 0.3) is 0 Å². The van der Waals surface area contributed by atoms with Gasteiger partial charge in [-0.05, 0) is 69.6 Å². The van der Waals surface area contributed by atoms with Gasteiger partial charge in [-0.2, -0.15) is 0 Å². The Hall–Kier alpha value is -0.640. The molecule has 0 atom stereocenters. The molecule has 0 spiro atoms. The highest BCUT2D eigenvalue weighted by atomic mass is 35.5. The molecule has 2 nitrogen and oxygen atoms in total. The van der Waals surface area contributed by atoms with Gasteiger partial charge >= 0.3 is 0 Å². The normalized spacial score (nSPS) is 16.4. The van der Waals surface area contributed by atoms with Gasteiger partial charge in [0.2, 0.25) is 0 Å². The maximum absolute atomic E-state index is 13.1. The van der Waals surface area contributed by atoms with Gasteiger partial charge in [-0.15, -0.1) is 12.4 Å². The Bertz CT molecular complexity index is 367. The van der Waals surface area contributed by atoms with E-state index in [0.29, 0.717) is 0 Å². The third kappa shape index (κ3) is 5.89. The first kappa shape index (κ1) is 16.4. The smallest absolute Gasteiger partial charge is 0.123 e. The van der Waals surface area contributed by atoms with E-state index >= 15 is 0 Å². The largest absolute Gasteiger partial charge is 0.317 e. The van der Waals surface area contributed by atoms with Crippen LogP contribution in [0, 0.1) is 11.7 Å². The second kappa shape index (κ2) is 8.51. The Morgan fingerprint density at radius 2 is 2.05 bits per heavy atom. The number of hydrogen-bond donors (Lipinski definition) is 1. The molecule has 0 saturated carbocycles. The zero-order valence-corrected chi connectivity index (χ0v) is 12.4. The van der Waals surface area contributed by atoms with E-state index in [9.17, 15) is 4.39 Å². The molecule has 0 aromatic heterocycles. The van der Waals surface area contributed by atoms with E-state index < -0.39 is 0 Å². The van der Waals surface area contributed by atoms with Crippen molar-refractivity contribution in [1.82, 2.24) is 10.2 Å². The van der Waals surface area contributed by atoms with Crippen molar-refractivity contribution in [2.24, 2.45) is 5.92 Å². The van der Waals surface area contributed by atoms with Crippen LogP contribution in [-0.2, 0) is 6.54 Å². The first-order chi connectivity index (χ1) is 8.74. The van der Waals surface area contributed by atoms with Crippen LogP contribution in [0.2, 0.25) is 0 Å². The van der Waals surface area contributed by atoms with Gasteiger partial charge in [-0.1, -0.05) is 12.1 Å². The van der Waals surface area contributed by atoms with Gasteiger partial charge < -0.3 is 10.2 Å². The molecule has 0 radical (unpaired) electrons. The van der Waals surface area contributed by atoms with Crippen molar-refractivity contribution < 1.29 is 4.39 Å². The van der Waals surface area contributed by atoms with Crippen LogP contribution in [0.3, 0.4) is 0 Å². The van der Waals surface area contributed by atoms with Crippen molar-refractivity contribution in [3.8, 4) is 0 Å². The molecule has 4 heteroatoms. The molecule has 1 N–H and O–H groups in total. The Morgan fingerprint density at radius 3 is 2.74 bits per heavy atom. The highest BCUT2D eigenvalue weighted by Crippen LogP contribution is 2.16. The lowest BCUT2D eigenvalue weighted by Gasteiger charge is -2.25.